The smallest absolute Gasteiger partial charge is 0.377 e. The van der Waals surface area contributed by atoms with Gasteiger partial charge < -0.3 is 5.32 Å². The Labute approximate surface area is 173 Å². The van der Waals surface area contributed by atoms with E-state index in [-0.39, 0.29) is 12.0 Å². The summed E-state index contributed by atoms with van der Waals surface area (Å²) in [5.74, 6) is -0.732. The molecule has 3 aromatic rings. The van der Waals surface area contributed by atoms with E-state index in [2.05, 4.69) is 15.3 Å². The number of benzene rings is 1. The molecular formula is C23H25F4N3. The lowest BCUT2D eigenvalue weighted by Gasteiger charge is -2.40. The first kappa shape index (κ1) is 22.0. The Morgan fingerprint density at radius 2 is 1.83 bits per heavy atom. The zero-order valence-corrected chi connectivity index (χ0v) is 17.2. The first-order valence-electron chi connectivity index (χ1n) is 9.97. The van der Waals surface area contributed by atoms with Crippen molar-refractivity contribution in [2.75, 3.05) is 5.32 Å². The number of pyridine rings is 2. The summed E-state index contributed by atoms with van der Waals surface area (Å²) in [6, 6.07) is 10.3. The van der Waals surface area contributed by atoms with Crippen molar-refractivity contribution < 1.29 is 17.6 Å². The van der Waals surface area contributed by atoms with Gasteiger partial charge in [-0.15, -0.1) is 0 Å². The average Bonchev–Trinajstić information content (AvgIpc) is 2.70. The number of aryl methyl sites for hydroxylation is 1. The van der Waals surface area contributed by atoms with Gasteiger partial charge in [0.25, 0.3) is 0 Å². The van der Waals surface area contributed by atoms with Crippen LogP contribution >= 0.6 is 0 Å². The van der Waals surface area contributed by atoms with Crippen LogP contribution < -0.4 is 5.32 Å². The predicted octanol–water partition coefficient (Wildman–Crippen LogP) is 6.99. The van der Waals surface area contributed by atoms with Crippen LogP contribution in [0.2, 0.25) is 0 Å². The average molecular weight is 419 g/mol. The summed E-state index contributed by atoms with van der Waals surface area (Å²) >= 11 is 0. The number of hydrogen-bond acceptors (Lipinski definition) is 3. The molecule has 3 nitrogen and oxygen atoms in total. The van der Waals surface area contributed by atoms with Gasteiger partial charge in [-0.25, -0.2) is 4.98 Å². The van der Waals surface area contributed by atoms with E-state index in [9.17, 15) is 17.6 Å². The van der Waals surface area contributed by atoms with Crippen LogP contribution in [0.1, 0.15) is 50.4 Å². The number of halogens is 4. The van der Waals surface area contributed by atoms with Crippen LogP contribution in [-0.4, -0.2) is 16.1 Å². The van der Waals surface area contributed by atoms with Gasteiger partial charge in [-0.2, -0.15) is 17.6 Å². The second-order valence-electron chi connectivity index (χ2n) is 7.84. The van der Waals surface area contributed by atoms with Gasteiger partial charge in [-0.05, 0) is 56.2 Å². The number of rotatable bonds is 7. The van der Waals surface area contributed by atoms with E-state index in [4.69, 9.17) is 0 Å². The maximum absolute atomic E-state index is 14.4. The summed E-state index contributed by atoms with van der Waals surface area (Å²) in [6.07, 6.45) is -2.31. The lowest BCUT2D eigenvalue weighted by molar-refractivity contribution is -0.227. The van der Waals surface area contributed by atoms with Crippen LogP contribution in [0.15, 0.2) is 48.7 Å². The van der Waals surface area contributed by atoms with Crippen molar-refractivity contribution in [2.24, 2.45) is 5.41 Å². The van der Waals surface area contributed by atoms with Gasteiger partial charge in [0.15, 0.2) is 0 Å². The molecule has 30 heavy (non-hydrogen) atoms. The predicted molar refractivity (Wildman–Crippen MR) is 111 cm³/mol. The van der Waals surface area contributed by atoms with Gasteiger partial charge in [0, 0.05) is 23.0 Å². The van der Waals surface area contributed by atoms with E-state index in [1.54, 1.807) is 12.1 Å². The fourth-order valence-electron chi connectivity index (χ4n) is 3.70. The molecule has 7 heteroatoms. The first-order valence-corrected chi connectivity index (χ1v) is 9.97. The molecule has 0 aliphatic rings. The van der Waals surface area contributed by atoms with Gasteiger partial charge in [0.05, 0.1) is 17.0 Å². The minimum Gasteiger partial charge on any atom is -0.377 e. The molecule has 2 unspecified atom stereocenters. The van der Waals surface area contributed by atoms with Crippen LogP contribution in [0.25, 0.3) is 10.9 Å². The molecule has 0 radical (unpaired) electrons. The molecule has 0 aliphatic heterocycles. The zero-order chi connectivity index (χ0) is 21.9. The van der Waals surface area contributed by atoms with Crippen LogP contribution in [0.3, 0.4) is 0 Å². The van der Waals surface area contributed by atoms with Gasteiger partial charge in [0.1, 0.15) is 0 Å². The molecule has 1 N–H and O–H groups in total. The minimum absolute atomic E-state index is 0.0653. The maximum Gasteiger partial charge on any atom is 0.396 e. The minimum atomic E-state index is -4.48. The standard InChI is InChI=1S/C23H25F4N3/c1-4-5-13-22(3,23(25,26)27)21(16-10-12-20(24)28-14-16)30-19-8-6-7-18-17(19)11-9-15(2)29-18/h6-12,14,21,30H,4-5,13H2,1-3H3. The third kappa shape index (κ3) is 4.40. The molecule has 0 aliphatic carbocycles. The highest BCUT2D eigenvalue weighted by atomic mass is 19.4. The van der Waals surface area contributed by atoms with Gasteiger partial charge in [0.2, 0.25) is 5.95 Å². The molecule has 0 amide bonds. The van der Waals surface area contributed by atoms with Crippen molar-refractivity contribution >= 4 is 16.6 Å². The SMILES string of the molecule is CCCCC(C)(C(Nc1cccc2nc(C)ccc12)c1ccc(F)nc1)C(F)(F)F. The van der Waals surface area contributed by atoms with Crippen molar-refractivity contribution in [3.63, 3.8) is 0 Å². The monoisotopic (exact) mass is 419 g/mol. The molecule has 2 aromatic heterocycles. The van der Waals surface area contributed by atoms with Crippen molar-refractivity contribution in [3.05, 3.63) is 65.9 Å². The Balaban J connectivity index is 2.14. The van der Waals surface area contributed by atoms with Gasteiger partial charge >= 0.3 is 6.18 Å². The van der Waals surface area contributed by atoms with E-state index >= 15 is 0 Å². The van der Waals surface area contributed by atoms with E-state index in [1.165, 1.54) is 19.2 Å². The van der Waals surface area contributed by atoms with E-state index in [0.717, 1.165) is 17.1 Å². The molecule has 160 valence electrons. The lowest BCUT2D eigenvalue weighted by atomic mass is 9.74. The largest absolute Gasteiger partial charge is 0.396 e. The third-order valence-electron chi connectivity index (χ3n) is 5.59. The maximum atomic E-state index is 14.4. The number of alkyl halides is 3. The highest BCUT2D eigenvalue weighted by Crippen LogP contribution is 2.52. The van der Waals surface area contributed by atoms with Crippen LogP contribution in [0.5, 0.6) is 0 Å². The normalized spacial score (nSPS) is 15.0. The highest BCUT2D eigenvalue weighted by molar-refractivity contribution is 5.91. The Morgan fingerprint density at radius 3 is 2.47 bits per heavy atom. The molecular weight excluding hydrogens is 394 g/mol. The van der Waals surface area contributed by atoms with Crippen molar-refractivity contribution in [2.45, 2.75) is 52.3 Å². The third-order valence-corrected chi connectivity index (χ3v) is 5.59. The molecule has 0 bridgehead atoms. The number of hydrogen-bond donors (Lipinski definition) is 1. The Bertz CT molecular complexity index is 1000. The molecule has 0 spiro atoms. The number of nitrogens with zero attached hydrogens (tertiary/aromatic N) is 2. The van der Waals surface area contributed by atoms with Crippen LogP contribution in [0, 0.1) is 18.3 Å². The summed E-state index contributed by atoms with van der Waals surface area (Å²) in [7, 11) is 0. The summed E-state index contributed by atoms with van der Waals surface area (Å²) in [5.41, 5.74) is 0.258. The number of aromatic nitrogens is 2. The number of fused-ring (bicyclic) bond motifs is 1. The van der Waals surface area contributed by atoms with Gasteiger partial charge in [-0.1, -0.05) is 31.9 Å². The first-order chi connectivity index (χ1) is 14.2. The van der Waals surface area contributed by atoms with E-state index < -0.39 is 23.6 Å². The van der Waals surface area contributed by atoms with Crippen molar-refractivity contribution in [1.82, 2.24) is 9.97 Å². The lowest BCUT2D eigenvalue weighted by Crippen LogP contribution is -2.44. The van der Waals surface area contributed by atoms with Crippen molar-refractivity contribution in [3.8, 4) is 0 Å². The second kappa shape index (κ2) is 8.58. The summed E-state index contributed by atoms with van der Waals surface area (Å²) < 4.78 is 56.5. The van der Waals surface area contributed by atoms with Gasteiger partial charge in [-0.3, -0.25) is 4.98 Å². The summed E-state index contributed by atoms with van der Waals surface area (Å²) in [4.78, 5) is 8.07. The summed E-state index contributed by atoms with van der Waals surface area (Å²) in [6.45, 7) is 4.94. The molecule has 0 saturated heterocycles. The zero-order valence-electron chi connectivity index (χ0n) is 17.2. The molecule has 0 saturated carbocycles. The number of unbranched alkanes of at least 4 members (excludes halogenated alkanes) is 1. The Kier molecular flexibility index (Phi) is 6.29. The van der Waals surface area contributed by atoms with Crippen LogP contribution in [-0.2, 0) is 0 Å². The number of nitrogens with one attached hydrogen (secondary N) is 1. The van der Waals surface area contributed by atoms with Crippen LogP contribution in [0.4, 0.5) is 23.2 Å². The topological polar surface area (TPSA) is 37.8 Å². The highest BCUT2D eigenvalue weighted by Gasteiger charge is 2.56. The Morgan fingerprint density at radius 1 is 1.07 bits per heavy atom. The fourth-order valence-corrected chi connectivity index (χ4v) is 3.70. The quantitative estimate of drug-likeness (QED) is 0.331. The Hall–Kier alpha value is -2.70. The van der Waals surface area contributed by atoms with Crippen molar-refractivity contribution in [1.29, 1.82) is 0 Å². The molecule has 2 heterocycles. The second-order valence-corrected chi connectivity index (χ2v) is 7.84. The molecule has 1 aromatic carbocycles. The fraction of sp³-hybridized carbons (Fsp3) is 0.391. The summed E-state index contributed by atoms with van der Waals surface area (Å²) in [5, 5.41) is 3.84. The molecule has 2 atom stereocenters. The number of anilines is 1. The van der Waals surface area contributed by atoms with E-state index in [0.29, 0.717) is 24.0 Å². The molecule has 0 fully saturated rings. The molecule has 3 rings (SSSR count). The van der Waals surface area contributed by atoms with E-state index in [1.807, 2.05) is 32.0 Å².